The predicted molar refractivity (Wildman–Crippen MR) is 93.3 cm³/mol. The highest BCUT2D eigenvalue weighted by atomic mass is 16.6. The largest absolute Gasteiger partial charge is 0.469 e. The lowest BCUT2D eigenvalue weighted by Gasteiger charge is -2.19. The Hall–Kier alpha value is -1.06. The minimum absolute atomic E-state index is 0.0792. The third-order valence-electron chi connectivity index (χ3n) is 3.66. The maximum Gasteiger partial charge on any atom is 0.306 e. The molecule has 0 aromatic heterocycles. The average molecular weight is 328 g/mol. The fourth-order valence-electron chi connectivity index (χ4n) is 2.45. The summed E-state index contributed by atoms with van der Waals surface area (Å²) in [4.78, 5) is 22.5. The number of hydrogen-bond donors (Lipinski definition) is 0. The average Bonchev–Trinajstić information content (AvgIpc) is 2.46. The number of carbonyl (C=O) groups excluding carboxylic acids is 2. The predicted octanol–water partition coefficient (Wildman–Crippen LogP) is 5.18. The van der Waals surface area contributed by atoms with Crippen LogP contribution in [-0.2, 0) is 19.1 Å². The van der Waals surface area contributed by atoms with Crippen molar-refractivity contribution >= 4 is 11.9 Å². The van der Waals surface area contributed by atoms with Crippen LogP contribution in [0, 0.1) is 0 Å². The number of methoxy groups -OCH3 is 1. The Labute approximate surface area is 142 Å². The third-order valence-corrected chi connectivity index (χ3v) is 3.66. The number of carbonyl (C=O) groups is 2. The van der Waals surface area contributed by atoms with E-state index < -0.39 is 0 Å². The minimum atomic E-state index is -0.367. The Morgan fingerprint density at radius 2 is 1.00 bits per heavy atom. The van der Waals surface area contributed by atoms with Gasteiger partial charge >= 0.3 is 11.9 Å². The molecule has 0 amide bonds. The lowest BCUT2D eigenvalue weighted by molar-refractivity contribution is -0.155. The molecule has 0 N–H and O–H groups in total. The van der Waals surface area contributed by atoms with Crippen molar-refractivity contribution in [3.63, 3.8) is 0 Å². The summed E-state index contributed by atoms with van der Waals surface area (Å²) in [6.45, 7) is 5.71. The molecule has 0 heterocycles. The first-order valence-corrected chi connectivity index (χ1v) is 9.14. The Morgan fingerprint density at radius 3 is 1.35 bits per heavy atom. The van der Waals surface area contributed by atoms with Gasteiger partial charge in [0.25, 0.3) is 0 Å². The lowest BCUT2D eigenvalue weighted by atomic mass is 10.1. The Morgan fingerprint density at radius 1 is 0.652 bits per heavy atom. The molecular weight excluding hydrogens is 292 g/mol. The molecule has 4 nitrogen and oxygen atoms in total. The van der Waals surface area contributed by atoms with Crippen LogP contribution in [0.15, 0.2) is 0 Å². The molecule has 0 saturated carbocycles. The van der Waals surface area contributed by atoms with Crippen molar-refractivity contribution in [2.75, 3.05) is 7.11 Å². The molecule has 0 aliphatic carbocycles. The van der Waals surface area contributed by atoms with E-state index in [1.54, 1.807) is 0 Å². The van der Waals surface area contributed by atoms with Crippen LogP contribution in [0.2, 0.25) is 0 Å². The minimum Gasteiger partial charge on any atom is -0.469 e. The van der Waals surface area contributed by atoms with Crippen molar-refractivity contribution in [2.24, 2.45) is 0 Å². The van der Waals surface area contributed by atoms with Gasteiger partial charge in [0, 0.05) is 12.8 Å². The van der Waals surface area contributed by atoms with Gasteiger partial charge in [-0.3, -0.25) is 9.59 Å². The van der Waals surface area contributed by atoms with Gasteiger partial charge in [0.1, 0.15) is 5.60 Å². The highest BCUT2D eigenvalue weighted by molar-refractivity contribution is 5.69. The zero-order chi connectivity index (χ0) is 17.6. The second-order valence-electron chi connectivity index (χ2n) is 7.20. The molecule has 0 bridgehead atoms. The molecule has 0 unspecified atom stereocenters. The molecule has 0 aliphatic rings. The molecule has 0 spiro atoms. The van der Waals surface area contributed by atoms with Gasteiger partial charge in [0.05, 0.1) is 7.11 Å². The van der Waals surface area contributed by atoms with E-state index in [0.717, 1.165) is 25.7 Å². The van der Waals surface area contributed by atoms with E-state index in [9.17, 15) is 9.59 Å². The molecule has 4 heteroatoms. The van der Waals surface area contributed by atoms with Crippen LogP contribution in [0.4, 0.5) is 0 Å². The molecule has 0 aromatic carbocycles. The van der Waals surface area contributed by atoms with Gasteiger partial charge in [0.15, 0.2) is 0 Å². The smallest absolute Gasteiger partial charge is 0.306 e. The van der Waals surface area contributed by atoms with E-state index in [4.69, 9.17) is 4.74 Å². The molecule has 23 heavy (non-hydrogen) atoms. The second kappa shape index (κ2) is 13.4. The Balaban J connectivity index is 3.22. The SMILES string of the molecule is COC(=O)CCCCCCCCCCCCC(=O)OC(C)(C)C. The summed E-state index contributed by atoms with van der Waals surface area (Å²) in [6.07, 6.45) is 12.6. The van der Waals surface area contributed by atoms with Crippen LogP contribution in [0.1, 0.15) is 97.8 Å². The molecule has 0 aromatic rings. The van der Waals surface area contributed by atoms with Gasteiger partial charge in [-0.05, 0) is 33.6 Å². The van der Waals surface area contributed by atoms with Crippen LogP contribution < -0.4 is 0 Å². The van der Waals surface area contributed by atoms with Crippen LogP contribution in [-0.4, -0.2) is 24.6 Å². The van der Waals surface area contributed by atoms with Gasteiger partial charge < -0.3 is 9.47 Å². The zero-order valence-electron chi connectivity index (χ0n) is 15.6. The summed E-state index contributed by atoms with van der Waals surface area (Å²) in [5, 5.41) is 0. The first-order valence-electron chi connectivity index (χ1n) is 9.14. The van der Waals surface area contributed by atoms with Crippen molar-refractivity contribution in [2.45, 2.75) is 103 Å². The van der Waals surface area contributed by atoms with E-state index in [0.29, 0.717) is 12.8 Å². The van der Waals surface area contributed by atoms with Crippen molar-refractivity contribution in [3.8, 4) is 0 Å². The number of unbranched alkanes of at least 4 members (excludes halogenated alkanes) is 9. The molecule has 0 rings (SSSR count). The molecule has 136 valence electrons. The molecule has 0 atom stereocenters. The standard InChI is InChI=1S/C19H36O4/c1-19(2,3)23-18(21)16-14-12-10-8-6-5-7-9-11-13-15-17(20)22-4/h5-16H2,1-4H3. The summed E-state index contributed by atoms with van der Waals surface area (Å²) in [7, 11) is 1.44. The summed E-state index contributed by atoms with van der Waals surface area (Å²) < 4.78 is 9.90. The van der Waals surface area contributed by atoms with Crippen LogP contribution in [0.3, 0.4) is 0 Å². The highest BCUT2D eigenvalue weighted by Gasteiger charge is 2.15. The van der Waals surface area contributed by atoms with E-state index in [2.05, 4.69) is 4.74 Å². The summed E-state index contributed by atoms with van der Waals surface area (Å²) in [6, 6.07) is 0. The zero-order valence-corrected chi connectivity index (χ0v) is 15.6. The number of esters is 2. The molecule has 0 aliphatic heterocycles. The first kappa shape index (κ1) is 21.9. The van der Waals surface area contributed by atoms with E-state index in [1.165, 1.54) is 45.6 Å². The molecule has 0 radical (unpaired) electrons. The Bertz CT molecular complexity index is 318. The Kier molecular flexibility index (Phi) is 12.8. The van der Waals surface area contributed by atoms with Crippen LogP contribution in [0.25, 0.3) is 0 Å². The van der Waals surface area contributed by atoms with Crippen molar-refractivity contribution < 1.29 is 19.1 Å². The quantitative estimate of drug-likeness (QED) is 0.345. The maximum absolute atomic E-state index is 11.5. The van der Waals surface area contributed by atoms with Gasteiger partial charge in [-0.25, -0.2) is 0 Å². The van der Waals surface area contributed by atoms with Crippen molar-refractivity contribution in [1.29, 1.82) is 0 Å². The maximum atomic E-state index is 11.5. The second-order valence-corrected chi connectivity index (χ2v) is 7.20. The first-order chi connectivity index (χ1) is 10.8. The summed E-state index contributed by atoms with van der Waals surface area (Å²) in [5.41, 5.74) is -0.367. The number of hydrogen-bond acceptors (Lipinski definition) is 4. The fourth-order valence-corrected chi connectivity index (χ4v) is 2.45. The lowest BCUT2D eigenvalue weighted by Crippen LogP contribution is -2.23. The van der Waals surface area contributed by atoms with E-state index in [-0.39, 0.29) is 17.5 Å². The van der Waals surface area contributed by atoms with Crippen molar-refractivity contribution in [3.05, 3.63) is 0 Å². The molecule has 0 saturated heterocycles. The van der Waals surface area contributed by atoms with Crippen molar-refractivity contribution in [1.82, 2.24) is 0 Å². The van der Waals surface area contributed by atoms with Gasteiger partial charge in [-0.15, -0.1) is 0 Å². The van der Waals surface area contributed by atoms with Crippen LogP contribution >= 0.6 is 0 Å². The topological polar surface area (TPSA) is 52.6 Å². The van der Waals surface area contributed by atoms with Gasteiger partial charge in [-0.1, -0.05) is 51.4 Å². The van der Waals surface area contributed by atoms with E-state index in [1.807, 2.05) is 20.8 Å². The normalized spacial score (nSPS) is 11.3. The molecule has 0 fully saturated rings. The number of rotatable bonds is 13. The highest BCUT2D eigenvalue weighted by Crippen LogP contribution is 2.14. The van der Waals surface area contributed by atoms with Gasteiger partial charge in [0.2, 0.25) is 0 Å². The van der Waals surface area contributed by atoms with Crippen LogP contribution in [0.5, 0.6) is 0 Å². The summed E-state index contributed by atoms with van der Waals surface area (Å²) >= 11 is 0. The fraction of sp³-hybridized carbons (Fsp3) is 0.895. The third kappa shape index (κ3) is 17.1. The monoisotopic (exact) mass is 328 g/mol. The molecular formula is C19H36O4. The number of ether oxygens (including phenoxy) is 2. The summed E-state index contributed by atoms with van der Waals surface area (Å²) in [5.74, 6) is -0.180. The van der Waals surface area contributed by atoms with E-state index >= 15 is 0 Å². The van der Waals surface area contributed by atoms with Gasteiger partial charge in [-0.2, -0.15) is 0 Å².